The van der Waals surface area contributed by atoms with Gasteiger partial charge < -0.3 is 19.5 Å². The van der Waals surface area contributed by atoms with E-state index in [4.69, 9.17) is 14.6 Å². The van der Waals surface area contributed by atoms with Gasteiger partial charge in [0.2, 0.25) is 0 Å². The fourth-order valence-corrected chi connectivity index (χ4v) is 2.11. The Morgan fingerprint density at radius 3 is 2.54 bits per heavy atom. The summed E-state index contributed by atoms with van der Waals surface area (Å²) in [6.45, 7) is 5.24. The van der Waals surface area contributed by atoms with Crippen LogP contribution in [0.4, 0.5) is 0 Å². The van der Waals surface area contributed by atoms with E-state index in [-0.39, 0.29) is 12.3 Å². The molecule has 0 radical (unpaired) electrons. The van der Waals surface area contributed by atoms with Gasteiger partial charge in [0.25, 0.3) is 5.91 Å². The molecule has 1 amide bonds. The van der Waals surface area contributed by atoms with E-state index in [1.807, 2.05) is 0 Å². The average molecular weight is 337 g/mol. The van der Waals surface area contributed by atoms with E-state index in [1.165, 1.54) is 12.0 Å². The van der Waals surface area contributed by atoms with E-state index >= 15 is 0 Å². The summed E-state index contributed by atoms with van der Waals surface area (Å²) in [5, 5.41) is 8.65. The molecule has 1 aromatic rings. The van der Waals surface area contributed by atoms with Gasteiger partial charge in [-0.2, -0.15) is 0 Å². The number of benzene rings is 1. The van der Waals surface area contributed by atoms with Crippen LogP contribution in [0.1, 0.15) is 43.5 Å². The molecule has 0 saturated carbocycles. The third kappa shape index (κ3) is 6.48. The molecule has 0 aliphatic heterocycles. The summed E-state index contributed by atoms with van der Waals surface area (Å²) in [4.78, 5) is 24.4. The third-order valence-corrected chi connectivity index (χ3v) is 3.59. The van der Waals surface area contributed by atoms with Crippen LogP contribution in [0.15, 0.2) is 18.2 Å². The molecule has 1 N–H and O–H groups in total. The first kappa shape index (κ1) is 19.8. The van der Waals surface area contributed by atoms with Gasteiger partial charge in [-0.15, -0.1) is 0 Å². The van der Waals surface area contributed by atoms with Crippen molar-refractivity contribution in [1.82, 2.24) is 4.90 Å². The fourth-order valence-electron chi connectivity index (χ4n) is 2.11. The molecule has 134 valence electrons. The maximum atomic E-state index is 12.4. The molecule has 6 nitrogen and oxygen atoms in total. The topological polar surface area (TPSA) is 76.1 Å². The second kappa shape index (κ2) is 9.80. The standard InChI is InChI=1S/C18H27NO5/c1-13(2)9-11-24-15-8-7-14(12-16(15)23-4)18(22)19(3)10-5-6-17(20)21/h7-8,12-13H,5-6,9-11H2,1-4H3,(H,20,21). The summed E-state index contributed by atoms with van der Waals surface area (Å²) in [6.07, 6.45) is 1.41. The number of amides is 1. The number of hydrogen-bond acceptors (Lipinski definition) is 4. The quantitative estimate of drug-likeness (QED) is 0.710. The van der Waals surface area contributed by atoms with Crippen LogP contribution < -0.4 is 9.47 Å². The summed E-state index contributed by atoms with van der Waals surface area (Å²) < 4.78 is 11.0. The van der Waals surface area contributed by atoms with Crippen LogP contribution in [0.3, 0.4) is 0 Å². The van der Waals surface area contributed by atoms with Crippen LogP contribution in [-0.2, 0) is 4.79 Å². The Bertz CT molecular complexity index is 556. The van der Waals surface area contributed by atoms with E-state index in [0.717, 1.165) is 6.42 Å². The smallest absolute Gasteiger partial charge is 0.303 e. The zero-order valence-corrected chi connectivity index (χ0v) is 14.9. The van der Waals surface area contributed by atoms with Gasteiger partial charge in [0.05, 0.1) is 13.7 Å². The first-order chi connectivity index (χ1) is 11.3. The van der Waals surface area contributed by atoms with Crippen molar-refractivity contribution < 1.29 is 24.2 Å². The Kier molecular flexibility index (Phi) is 8.09. The van der Waals surface area contributed by atoms with E-state index < -0.39 is 5.97 Å². The van der Waals surface area contributed by atoms with E-state index in [2.05, 4.69) is 13.8 Å². The maximum absolute atomic E-state index is 12.4. The van der Waals surface area contributed by atoms with Gasteiger partial charge in [0.15, 0.2) is 11.5 Å². The minimum absolute atomic E-state index is 0.0452. The number of carbonyl (C=O) groups excluding carboxylic acids is 1. The van der Waals surface area contributed by atoms with Crippen LogP contribution in [-0.4, -0.2) is 49.2 Å². The van der Waals surface area contributed by atoms with Gasteiger partial charge in [0.1, 0.15) is 0 Å². The highest BCUT2D eigenvalue weighted by atomic mass is 16.5. The number of rotatable bonds is 10. The average Bonchev–Trinajstić information content (AvgIpc) is 2.53. The van der Waals surface area contributed by atoms with Crippen molar-refractivity contribution in [2.45, 2.75) is 33.1 Å². The molecule has 0 unspecified atom stereocenters. The molecule has 0 atom stereocenters. The minimum Gasteiger partial charge on any atom is -0.493 e. The number of carbonyl (C=O) groups is 2. The van der Waals surface area contributed by atoms with Gasteiger partial charge >= 0.3 is 5.97 Å². The molecule has 0 spiro atoms. The van der Waals surface area contributed by atoms with Gasteiger partial charge in [-0.3, -0.25) is 9.59 Å². The van der Waals surface area contributed by atoms with Crippen molar-refractivity contribution >= 4 is 11.9 Å². The molecule has 0 heterocycles. The molecule has 1 rings (SSSR count). The van der Waals surface area contributed by atoms with Gasteiger partial charge in [-0.05, 0) is 37.0 Å². The predicted molar refractivity (Wildman–Crippen MR) is 91.8 cm³/mol. The minimum atomic E-state index is -0.861. The summed E-state index contributed by atoms with van der Waals surface area (Å²) in [5.74, 6) is 0.649. The summed E-state index contributed by atoms with van der Waals surface area (Å²) in [6, 6.07) is 5.08. The number of aliphatic carboxylic acids is 1. The Morgan fingerprint density at radius 1 is 1.25 bits per heavy atom. The molecule has 0 saturated heterocycles. The SMILES string of the molecule is COc1cc(C(=O)N(C)CCCC(=O)O)ccc1OCCC(C)C. The van der Waals surface area contributed by atoms with Gasteiger partial charge in [-0.25, -0.2) is 0 Å². The van der Waals surface area contributed by atoms with Crippen molar-refractivity contribution in [3.05, 3.63) is 23.8 Å². The Labute approximate surface area is 143 Å². The normalized spacial score (nSPS) is 10.5. The summed E-state index contributed by atoms with van der Waals surface area (Å²) in [7, 11) is 3.19. The van der Waals surface area contributed by atoms with Crippen molar-refractivity contribution in [3.8, 4) is 11.5 Å². The molecule has 24 heavy (non-hydrogen) atoms. The number of nitrogens with zero attached hydrogens (tertiary/aromatic N) is 1. The highest BCUT2D eigenvalue weighted by Crippen LogP contribution is 2.28. The molecule has 0 aromatic heterocycles. The van der Waals surface area contributed by atoms with Gasteiger partial charge in [-0.1, -0.05) is 13.8 Å². The lowest BCUT2D eigenvalue weighted by Gasteiger charge is -2.18. The number of carboxylic acids is 1. The Balaban J connectivity index is 2.71. The first-order valence-corrected chi connectivity index (χ1v) is 8.13. The van der Waals surface area contributed by atoms with Gasteiger partial charge in [0, 0.05) is 25.6 Å². The number of methoxy groups -OCH3 is 1. The Morgan fingerprint density at radius 2 is 1.96 bits per heavy atom. The molecule has 0 aliphatic carbocycles. The third-order valence-electron chi connectivity index (χ3n) is 3.59. The molecule has 0 fully saturated rings. The fraction of sp³-hybridized carbons (Fsp3) is 0.556. The van der Waals surface area contributed by atoms with Crippen molar-refractivity contribution in [1.29, 1.82) is 0 Å². The highest BCUT2D eigenvalue weighted by Gasteiger charge is 2.15. The second-order valence-corrected chi connectivity index (χ2v) is 6.12. The largest absolute Gasteiger partial charge is 0.493 e. The van der Waals surface area contributed by atoms with E-state index in [9.17, 15) is 9.59 Å². The molecule has 0 aliphatic rings. The van der Waals surface area contributed by atoms with Crippen LogP contribution in [0.5, 0.6) is 11.5 Å². The lowest BCUT2D eigenvalue weighted by atomic mass is 10.1. The summed E-state index contributed by atoms with van der Waals surface area (Å²) >= 11 is 0. The first-order valence-electron chi connectivity index (χ1n) is 8.13. The number of ether oxygens (including phenoxy) is 2. The van der Waals surface area contributed by atoms with Crippen LogP contribution in [0.2, 0.25) is 0 Å². The second-order valence-electron chi connectivity index (χ2n) is 6.12. The molecular weight excluding hydrogens is 310 g/mol. The maximum Gasteiger partial charge on any atom is 0.303 e. The number of carboxylic acid groups (broad SMARTS) is 1. The van der Waals surface area contributed by atoms with E-state index in [0.29, 0.717) is 42.6 Å². The molecule has 1 aromatic carbocycles. The van der Waals surface area contributed by atoms with Crippen LogP contribution in [0, 0.1) is 5.92 Å². The molecule has 6 heteroatoms. The van der Waals surface area contributed by atoms with Crippen molar-refractivity contribution in [3.63, 3.8) is 0 Å². The zero-order valence-electron chi connectivity index (χ0n) is 14.9. The van der Waals surface area contributed by atoms with Crippen molar-refractivity contribution in [2.24, 2.45) is 5.92 Å². The van der Waals surface area contributed by atoms with Crippen molar-refractivity contribution in [2.75, 3.05) is 27.3 Å². The highest BCUT2D eigenvalue weighted by molar-refractivity contribution is 5.94. The summed E-state index contributed by atoms with van der Waals surface area (Å²) in [5.41, 5.74) is 0.487. The van der Waals surface area contributed by atoms with Crippen LogP contribution in [0.25, 0.3) is 0 Å². The predicted octanol–water partition coefficient (Wildman–Crippen LogP) is 3.06. The molecular formula is C18H27NO5. The van der Waals surface area contributed by atoms with Crippen LogP contribution >= 0.6 is 0 Å². The lowest BCUT2D eigenvalue weighted by molar-refractivity contribution is -0.137. The Hall–Kier alpha value is -2.24. The number of hydrogen-bond donors (Lipinski definition) is 1. The molecule has 0 bridgehead atoms. The lowest BCUT2D eigenvalue weighted by Crippen LogP contribution is -2.28. The van der Waals surface area contributed by atoms with E-state index in [1.54, 1.807) is 25.2 Å². The zero-order chi connectivity index (χ0) is 18.1. The monoisotopic (exact) mass is 337 g/mol.